The largest absolute Gasteiger partial charge is 0.462 e. The molecule has 20 heavy (non-hydrogen) atoms. The number of halogens is 13. The monoisotopic (exact) mass is 335 g/mol. The molecule has 0 aromatic heterocycles. The number of hydrogen-bond acceptors (Lipinski definition) is 1. The summed E-state index contributed by atoms with van der Waals surface area (Å²) in [4.78, 5) is 0. The molecule has 0 N–H and O–H groups in total. The van der Waals surface area contributed by atoms with Crippen molar-refractivity contribution >= 4 is 0 Å². The van der Waals surface area contributed by atoms with Gasteiger partial charge in [0, 0.05) is 0 Å². The predicted molar refractivity (Wildman–Crippen MR) is 32.4 cm³/mol. The third-order valence-electron chi connectivity index (χ3n) is 1.60. The van der Waals surface area contributed by atoms with Gasteiger partial charge in [-0.15, -0.1) is 0 Å². The summed E-state index contributed by atoms with van der Waals surface area (Å²) in [5.41, 5.74) is 0. The van der Waals surface area contributed by atoms with Crippen molar-refractivity contribution in [1.29, 1.82) is 0 Å². The van der Waals surface area contributed by atoms with Crippen LogP contribution in [-0.2, 0) is 4.74 Å². The van der Waals surface area contributed by atoms with Gasteiger partial charge in [0.05, 0.1) is 6.43 Å². The minimum atomic E-state index is -7.35. The van der Waals surface area contributed by atoms with E-state index in [1.54, 1.807) is 0 Å². The van der Waals surface area contributed by atoms with Gasteiger partial charge in [-0.1, -0.05) is 0 Å². The Bertz CT molecular complexity index is 340. The smallest absolute Gasteiger partial charge is 0.415 e. The summed E-state index contributed by atoms with van der Waals surface area (Å²) in [5.74, 6) is -14.1. The molecule has 0 aliphatic heterocycles. The Balaban J connectivity index is 5.67. The molecule has 0 saturated heterocycles. The van der Waals surface area contributed by atoms with E-state index < -0.39 is 36.7 Å². The van der Waals surface area contributed by atoms with Gasteiger partial charge >= 0.3 is 24.4 Å². The molecule has 0 aromatic carbocycles. The minimum Gasteiger partial charge on any atom is -0.415 e. The number of ether oxygens (including phenoxy) is 1. The van der Waals surface area contributed by atoms with E-state index in [-0.39, 0.29) is 0 Å². The van der Waals surface area contributed by atoms with E-state index in [4.69, 9.17) is 0 Å². The Kier molecular flexibility index (Phi) is 4.58. The van der Waals surface area contributed by atoms with Gasteiger partial charge in [-0.25, -0.2) is 4.39 Å². The summed E-state index contributed by atoms with van der Waals surface area (Å²) >= 11 is 0. The third kappa shape index (κ3) is 3.03. The molecule has 0 radical (unpaired) electrons. The number of rotatable bonds is 4. The van der Waals surface area contributed by atoms with Crippen LogP contribution in [-0.4, -0.2) is 30.2 Å². The zero-order valence-electron chi connectivity index (χ0n) is 8.32. The van der Waals surface area contributed by atoms with Crippen LogP contribution in [0.25, 0.3) is 0 Å². The van der Waals surface area contributed by atoms with E-state index in [2.05, 4.69) is 0 Å². The van der Waals surface area contributed by atoms with Crippen molar-refractivity contribution in [3.05, 3.63) is 6.43 Å². The van der Waals surface area contributed by atoms with Crippen molar-refractivity contribution in [3.8, 4) is 0 Å². The van der Waals surface area contributed by atoms with Gasteiger partial charge in [0.15, 0.2) is 0 Å². The fraction of sp³-hybridized carbons (Fsp3) is 0.833. The Morgan fingerprint density at radius 1 is 0.600 bits per heavy atom. The Labute approximate surface area is 99.8 Å². The first-order valence-electron chi connectivity index (χ1n) is 3.87. The van der Waals surface area contributed by atoms with Crippen LogP contribution < -0.4 is 0 Å². The van der Waals surface area contributed by atoms with Crippen LogP contribution in [0.4, 0.5) is 57.1 Å². The van der Waals surface area contributed by atoms with Crippen LogP contribution in [0, 0.1) is 6.43 Å². The van der Waals surface area contributed by atoms with E-state index in [1.807, 2.05) is 0 Å². The summed E-state index contributed by atoms with van der Waals surface area (Å²) in [6.45, 7) is 0. The molecule has 14 heteroatoms. The molecule has 1 atom stereocenters. The molecule has 0 rings (SSSR count). The lowest BCUT2D eigenvalue weighted by molar-refractivity contribution is -0.485. The van der Waals surface area contributed by atoms with Crippen LogP contribution in [0.2, 0.25) is 0 Å². The van der Waals surface area contributed by atoms with Crippen LogP contribution >= 0.6 is 0 Å². The molecule has 1 nitrogen and oxygen atoms in total. The molecular weight excluding hydrogens is 335 g/mol. The average molecular weight is 335 g/mol. The first-order chi connectivity index (χ1) is 8.40. The molecule has 0 heterocycles. The zero-order valence-corrected chi connectivity index (χ0v) is 8.32. The maximum absolute atomic E-state index is 12.5. The third-order valence-corrected chi connectivity index (χ3v) is 1.60. The van der Waals surface area contributed by atoms with Gasteiger partial charge < -0.3 is 8.78 Å². The summed E-state index contributed by atoms with van der Waals surface area (Å²) in [6, 6.07) is 0. The summed E-state index contributed by atoms with van der Waals surface area (Å²) in [7, 11) is 0. The molecule has 0 saturated carbocycles. The summed E-state index contributed by atoms with van der Waals surface area (Å²) in [5, 5.41) is 0. The zero-order chi connectivity index (χ0) is 16.8. The highest BCUT2D eigenvalue weighted by Gasteiger charge is 2.77. The lowest BCUT2D eigenvalue weighted by Gasteiger charge is -2.40. The molecule has 122 valence electrons. The summed E-state index contributed by atoms with van der Waals surface area (Å²) < 4.78 is 156. The van der Waals surface area contributed by atoms with Gasteiger partial charge in [-0.2, -0.15) is 43.9 Å². The highest BCUT2D eigenvalue weighted by atomic mass is 19.4. The fourth-order valence-corrected chi connectivity index (χ4v) is 0.609. The molecule has 0 amide bonds. The van der Waals surface area contributed by atoms with Gasteiger partial charge in [0.25, 0.3) is 0 Å². The van der Waals surface area contributed by atoms with E-state index in [1.165, 1.54) is 4.74 Å². The van der Waals surface area contributed by atoms with Crippen molar-refractivity contribution in [2.45, 2.75) is 30.2 Å². The van der Waals surface area contributed by atoms with Crippen molar-refractivity contribution in [2.24, 2.45) is 0 Å². The lowest BCUT2D eigenvalue weighted by Crippen LogP contribution is -2.60. The van der Waals surface area contributed by atoms with Crippen LogP contribution in [0.15, 0.2) is 0 Å². The van der Waals surface area contributed by atoms with Gasteiger partial charge in [0.2, 0.25) is 5.85 Å². The quantitative estimate of drug-likeness (QED) is 0.545. The fourth-order valence-electron chi connectivity index (χ4n) is 0.609. The molecule has 0 spiro atoms. The SMILES string of the molecule is F[C-](F)C(F)(OC(F)(F)C(F)(F)C(F)(F)F)C(F)(F)F. The van der Waals surface area contributed by atoms with Crippen LogP contribution in [0.5, 0.6) is 0 Å². The predicted octanol–water partition coefficient (Wildman–Crippen LogP) is 4.45. The normalized spacial score (nSPS) is 18.3. The molecule has 0 aromatic rings. The molecule has 0 aliphatic rings. The second kappa shape index (κ2) is 4.80. The molecule has 1 unspecified atom stereocenters. The van der Waals surface area contributed by atoms with Crippen molar-refractivity contribution in [2.75, 3.05) is 0 Å². The van der Waals surface area contributed by atoms with Gasteiger partial charge in [0.1, 0.15) is 0 Å². The number of hydrogen-bond donors (Lipinski definition) is 0. The van der Waals surface area contributed by atoms with Crippen molar-refractivity contribution in [3.63, 3.8) is 0 Å². The second-order valence-electron chi connectivity index (χ2n) is 3.04. The van der Waals surface area contributed by atoms with E-state index >= 15 is 0 Å². The van der Waals surface area contributed by atoms with Gasteiger partial charge in [-0.3, -0.25) is 4.74 Å². The van der Waals surface area contributed by atoms with Crippen LogP contribution in [0.3, 0.4) is 0 Å². The van der Waals surface area contributed by atoms with Crippen molar-refractivity contribution < 1.29 is 61.8 Å². The molecule has 0 aliphatic carbocycles. The van der Waals surface area contributed by atoms with Crippen molar-refractivity contribution in [1.82, 2.24) is 0 Å². The molecular formula is C6F13O-. The second-order valence-corrected chi connectivity index (χ2v) is 3.04. The topological polar surface area (TPSA) is 9.23 Å². The summed E-state index contributed by atoms with van der Waals surface area (Å²) in [6.07, 6.45) is -26.1. The average Bonchev–Trinajstić information content (AvgIpc) is 2.12. The van der Waals surface area contributed by atoms with E-state index in [0.29, 0.717) is 0 Å². The highest BCUT2D eigenvalue weighted by Crippen LogP contribution is 2.53. The van der Waals surface area contributed by atoms with E-state index in [0.717, 1.165) is 0 Å². The van der Waals surface area contributed by atoms with Crippen LogP contribution in [0.1, 0.15) is 0 Å². The lowest BCUT2D eigenvalue weighted by atomic mass is 10.2. The highest BCUT2D eigenvalue weighted by molar-refractivity contribution is 4.96. The first-order valence-corrected chi connectivity index (χ1v) is 3.87. The Morgan fingerprint density at radius 3 is 1.15 bits per heavy atom. The minimum absolute atomic E-state index is 1.46. The standard InChI is InChI=1S/C6F13O/c7-1(8)2(9,4(12,13)14)20-6(18,19)3(10,11)5(15,16)17/q-1. The van der Waals surface area contributed by atoms with Gasteiger partial charge in [-0.05, 0) is 0 Å². The molecule has 0 fully saturated rings. The maximum atomic E-state index is 12.5. The molecule has 0 bridgehead atoms. The Hall–Kier alpha value is -0.950. The van der Waals surface area contributed by atoms with E-state index in [9.17, 15) is 57.1 Å². The maximum Gasteiger partial charge on any atom is 0.462 e. The Morgan fingerprint density at radius 2 is 0.950 bits per heavy atom. The number of alkyl halides is 11. The first kappa shape index (κ1) is 19.1.